The molecule has 6 heteroatoms. The van der Waals surface area contributed by atoms with E-state index in [1.807, 2.05) is 18.3 Å². The Balaban J connectivity index is 1.52. The van der Waals surface area contributed by atoms with Gasteiger partial charge in [0, 0.05) is 19.6 Å². The molecule has 138 valence electrons. The van der Waals surface area contributed by atoms with Crippen molar-refractivity contribution < 1.29 is 4.39 Å². The van der Waals surface area contributed by atoms with Gasteiger partial charge in [0.2, 0.25) is 0 Å². The van der Waals surface area contributed by atoms with Crippen LogP contribution in [-0.4, -0.2) is 23.2 Å². The van der Waals surface area contributed by atoms with E-state index in [4.69, 9.17) is 12.2 Å². The highest BCUT2D eigenvalue weighted by molar-refractivity contribution is 7.80. The van der Waals surface area contributed by atoms with Gasteiger partial charge in [-0.25, -0.2) is 9.37 Å². The Hall–Kier alpha value is -2.21. The lowest BCUT2D eigenvalue weighted by Crippen LogP contribution is -2.39. The summed E-state index contributed by atoms with van der Waals surface area (Å²) < 4.78 is 12.9. The minimum absolute atomic E-state index is 0.238. The normalized spacial score (nSPS) is 19.9. The van der Waals surface area contributed by atoms with Crippen molar-refractivity contribution >= 4 is 28.8 Å². The van der Waals surface area contributed by atoms with Crippen molar-refractivity contribution in [1.29, 1.82) is 0 Å². The number of benzene rings is 1. The number of aromatic nitrogens is 1. The molecule has 2 aromatic rings. The molecule has 1 aromatic carbocycles. The fourth-order valence-corrected chi connectivity index (χ4v) is 3.65. The van der Waals surface area contributed by atoms with Crippen LogP contribution in [0.15, 0.2) is 42.6 Å². The van der Waals surface area contributed by atoms with Crippen LogP contribution in [0.25, 0.3) is 0 Å². The number of thiocarbonyl (C=S) groups is 1. The van der Waals surface area contributed by atoms with Crippen molar-refractivity contribution in [3.8, 4) is 0 Å². The monoisotopic (exact) mass is 372 g/mol. The van der Waals surface area contributed by atoms with E-state index in [0.717, 1.165) is 30.2 Å². The van der Waals surface area contributed by atoms with Crippen molar-refractivity contribution in [1.82, 2.24) is 10.3 Å². The Kier molecular flexibility index (Phi) is 6.04. The maximum absolute atomic E-state index is 12.9. The molecular formula is C20H25FN4S. The van der Waals surface area contributed by atoms with Gasteiger partial charge < -0.3 is 15.5 Å². The smallest absolute Gasteiger partial charge is 0.171 e. The second kappa shape index (κ2) is 8.45. The summed E-state index contributed by atoms with van der Waals surface area (Å²) in [5, 5.41) is 6.77. The second-order valence-corrected chi connectivity index (χ2v) is 7.60. The number of halogens is 1. The Labute approximate surface area is 159 Å². The first-order valence-electron chi connectivity index (χ1n) is 9.00. The highest BCUT2D eigenvalue weighted by atomic mass is 32.1. The van der Waals surface area contributed by atoms with Crippen molar-refractivity contribution in [2.24, 2.45) is 11.8 Å². The van der Waals surface area contributed by atoms with E-state index in [1.54, 1.807) is 12.1 Å². The summed E-state index contributed by atoms with van der Waals surface area (Å²) in [6, 6.07) is 10.4. The largest absolute Gasteiger partial charge is 0.358 e. The molecule has 2 atom stereocenters. The summed E-state index contributed by atoms with van der Waals surface area (Å²) in [5.41, 5.74) is 1.82. The minimum atomic E-state index is -0.238. The van der Waals surface area contributed by atoms with Gasteiger partial charge in [-0.15, -0.1) is 0 Å². The fraction of sp³-hybridized carbons (Fsp3) is 0.400. The number of pyridine rings is 1. The third kappa shape index (κ3) is 5.14. The number of anilines is 2. The first kappa shape index (κ1) is 18.6. The zero-order valence-corrected chi connectivity index (χ0v) is 16.0. The molecule has 0 radical (unpaired) electrons. The summed E-state index contributed by atoms with van der Waals surface area (Å²) >= 11 is 5.32. The molecule has 0 amide bonds. The zero-order valence-electron chi connectivity index (χ0n) is 15.2. The molecule has 1 saturated heterocycles. The SMILES string of the molecule is C[C@@H]1C[C@H](C)CN(c2ccc(NC(=S)NCc3ccc(F)cc3)cn2)C1. The lowest BCUT2D eigenvalue weighted by atomic mass is 9.92. The number of nitrogens with zero attached hydrogens (tertiary/aromatic N) is 2. The minimum Gasteiger partial charge on any atom is -0.358 e. The number of piperidine rings is 1. The van der Waals surface area contributed by atoms with Crippen LogP contribution in [0.3, 0.4) is 0 Å². The highest BCUT2D eigenvalue weighted by Gasteiger charge is 2.22. The van der Waals surface area contributed by atoms with Gasteiger partial charge in [-0.3, -0.25) is 0 Å². The third-order valence-electron chi connectivity index (χ3n) is 4.56. The first-order chi connectivity index (χ1) is 12.5. The summed E-state index contributed by atoms with van der Waals surface area (Å²) in [4.78, 5) is 6.94. The Morgan fingerprint density at radius 2 is 1.85 bits per heavy atom. The second-order valence-electron chi connectivity index (χ2n) is 7.19. The van der Waals surface area contributed by atoms with Gasteiger partial charge >= 0.3 is 0 Å². The molecule has 0 aliphatic carbocycles. The molecule has 4 nitrogen and oxygen atoms in total. The molecule has 2 N–H and O–H groups in total. The van der Waals surface area contributed by atoms with Gasteiger partial charge in [-0.1, -0.05) is 26.0 Å². The molecule has 1 aliphatic rings. The van der Waals surface area contributed by atoms with Gasteiger partial charge in [0.25, 0.3) is 0 Å². The number of hydrogen-bond donors (Lipinski definition) is 2. The van der Waals surface area contributed by atoms with E-state index in [9.17, 15) is 4.39 Å². The van der Waals surface area contributed by atoms with Gasteiger partial charge in [-0.05, 0) is 60.3 Å². The van der Waals surface area contributed by atoms with Crippen molar-refractivity contribution in [3.63, 3.8) is 0 Å². The van der Waals surface area contributed by atoms with Crippen LogP contribution < -0.4 is 15.5 Å². The lowest BCUT2D eigenvalue weighted by Gasteiger charge is -2.35. The Bertz CT molecular complexity index is 722. The van der Waals surface area contributed by atoms with Crippen LogP contribution in [0.5, 0.6) is 0 Å². The van der Waals surface area contributed by atoms with Crippen LogP contribution in [0.1, 0.15) is 25.8 Å². The van der Waals surface area contributed by atoms with E-state index in [2.05, 4.69) is 34.4 Å². The number of rotatable bonds is 4. The third-order valence-corrected chi connectivity index (χ3v) is 4.81. The topological polar surface area (TPSA) is 40.2 Å². The number of hydrogen-bond acceptors (Lipinski definition) is 3. The van der Waals surface area contributed by atoms with Crippen LogP contribution in [0.4, 0.5) is 15.9 Å². The molecule has 0 unspecified atom stereocenters. The van der Waals surface area contributed by atoms with E-state index in [0.29, 0.717) is 23.5 Å². The summed E-state index contributed by atoms with van der Waals surface area (Å²) in [5.74, 6) is 2.17. The Morgan fingerprint density at radius 1 is 1.15 bits per heavy atom. The molecule has 3 rings (SSSR count). The molecule has 26 heavy (non-hydrogen) atoms. The average Bonchev–Trinajstić information content (AvgIpc) is 2.61. The summed E-state index contributed by atoms with van der Waals surface area (Å²) in [6.07, 6.45) is 3.09. The predicted octanol–water partition coefficient (Wildman–Crippen LogP) is 4.19. The molecule has 1 aliphatic heterocycles. The van der Waals surface area contributed by atoms with Crippen LogP contribution in [0.2, 0.25) is 0 Å². The van der Waals surface area contributed by atoms with Crippen molar-refractivity contribution in [2.75, 3.05) is 23.3 Å². The molecule has 0 bridgehead atoms. The first-order valence-corrected chi connectivity index (χ1v) is 9.40. The molecule has 0 saturated carbocycles. The summed E-state index contributed by atoms with van der Waals surface area (Å²) in [7, 11) is 0. The standard InChI is InChI=1S/C20H25FN4S/c1-14-9-15(2)13-25(12-14)19-8-7-18(11-22-19)24-20(26)23-10-16-3-5-17(21)6-4-16/h3-8,11,14-15H,9-10,12-13H2,1-2H3,(H2,23,24,26)/t14-,15+. The van der Waals surface area contributed by atoms with Gasteiger partial charge in [0.1, 0.15) is 11.6 Å². The average molecular weight is 373 g/mol. The highest BCUT2D eigenvalue weighted by Crippen LogP contribution is 2.25. The van der Waals surface area contributed by atoms with E-state index < -0.39 is 0 Å². The van der Waals surface area contributed by atoms with E-state index in [1.165, 1.54) is 18.6 Å². The molecular weight excluding hydrogens is 347 g/mol. The molecule has 0 spiro atoms. The van der Waals surface area contributed by atoms with E-state index >= 15 is 0 Å². The molecule has 2 heterocycles. The number of nitrogens with one attached hydrogen (secondary N) is 2. The van der Waals surface area contributed by atoms with Crippen molar-refractivity contribution in [2.45, 2.75) is 26.8 Å². The Morgan fingerprint density at radius 3 is 2.46 bits per heavy atom. The molecule has 1 aromatic heterocycles. The van der Waals surface area contributed by atoms with Gasteiger partial charge in [0.15, 0.2) is 5.11 Å². The zero-order chi connectivity index (χ0) is 18.5. The van der Waals surface area contributed by atoms with Crippen molar-refractivity contribution in [3.05, 3.63) is 54.0 Å². The lowest BCUT2D eigenvalue weighted by molar-refractivity contribution is 0.355. The summed E-state index contributed by atoms with van der Waals surface area (Å²) in [6.45, 7) is 7.25. The van der Waals surface area contributed by atoms with Gasteiger partial charge in [-0.2, -0.15) is 0 Å². The van der Waals surface area contributed by atoms with Crippen LogP contribution in [-0.2, 0) is 6.54 Å². The predicted molar refractivity (Wildman–Crippen MR) is 109 cm³/mol. The quantitative estimate of drug-likeness (QED) is 0.788. The van der Waals surface area contributed by atoms with E-state index in [-0.39, 0.29) is 5.82 Å². The van der Waals surface area contributed by atoms with Crippen LogP contribution in [0, 0.1) is 17.7 Å². The maximum Gasteiger partial charge on any atom is 0.171 e. The maximum atomic E-state index is 12.9. The van der Waals surface area contributed by atoms with Crippen LogP contribution >= 0.6 is 12.2 Å². The molecule has 1 fully saturated rings. The van der Waals surface area contributed by atoms with Gasteiger partial charge in [0.05, 0.1) is 11.9 Å². The fourth-order valence-electron chi connectivity index (χ4n) is 3.46.